The van der Waals surface area contributed by atoms with E-state index in [-0.39, 0.29) is 23.7 Å². The predicted molar refractivity (Wildman–Crippen MR) is 103 cm³/mol. The molecule has 1 N–H and O–H groups in total. The van der Waals surface area contributed by atoms with E-state index < -0.39 is 5.97 Å². The van der Waals surface area contributed by atoms with Crippen LogP contribution in [0.1, 0.15) is 64.4 Å². The second-order valence-electron chi connectivity index (χ2n) is 8.22. The van der Waals surface area contributed by atoms with Gasteiger partial charge in [-0.3, -0.25) is 0 Å². The van der Waals surface area contributed by atoms with E-state index in [1.54, 1.807) is 0 Å². The Bertz CT molecular complexity index is 617. The Morgan fingerprint density at radius 3 is 2.70 bits per heavy atom. The lowest BCUT2D eigenvalue weighted by molar-refractivity contribution is -0.194. The van der Waals surface area contributed by atoms with E-state index in [1.807, 2.05) is 6.07 Å². The number of benzene rings is 1. The third-order valence-electron chi connectivity index (χ3n) is 6.17. The number of rotatable bonds is 10. The van der Waals surface area contributed by atoms with Crippen molar-refractivity contribution in [3.05, 3.63) is 29.8 Å². The van der Waals surface area contributed by atoms with Gasteiger partial charge in [0.25, 0.3) is 0 Å². The zero-order valence-electron chi connectivity index (χ0n) is 16.5. The predicted octanol–water partition coefficient (Wildman–Crippen LogP) is 4.53. The summed E-state index contributed by atoms with van der Waals surface area (Å²) in [6.07, 6.45) is 7.46. The van der Waals surface area contributed by atoms with E-state index in [9.17, 15) is 4.79 Å². The molecule has 1 unspecified atom stereocenters. The van der Waals surface area contributed by atoms with Crippen LogP contribution < -0.4 is 4.74 Å². The summed E-state index contributed by atoms with van der Waals surface area (Å²) in [6.45, 7) is 5.28. The number of carboxylic acid groups (broad SMARTS) is 1. The molecule has 5 heteroatoms. The fourth-order valence-electron chi connectivity index (χ4n) is 4.46. The van der Waals surface area contributed by atoms with Crippen molar-refractivity contribution in [1.82, 2.24) is 0 Å². The van der Waals surface area contributed by atoms with Crippen LogP contribution in [-0.4, -0.2) is 37.0 Å². The molecule has 1 saturated carbocycles. The molecule has 1 aromatic carbocycles. The van der Waals surface area contributed by atoms with Crippen LogP contribution in [0, 0.1) is 5.41 Å². The molecule has 2 heterocycles. The molecule has 2 saturated heterocycles. The average molecular weight is 376 g/mol. The fourth-order valence-corrected chi connectivity index (χ4v) is 4.46. The van der Waals surface area contributed by atoms with Gasteiger partial charge in [-0.15, -0.1) is 0 Å². The average Bonchev–Trinajstić information content (AvgIpc) is 2.67. The van der Waals surface area contributed by atoms with E-state index >= 15 is 0 Å². The maximum absolute atomic E-state index is 10.6. The zero-order valence-corrected chi connectivity index (χ0v) is 16.5. The van der Waals surface area contributed by atoms with Gasteiger partial charge in [0.2, 0.25) is 0 Å². The van der Waals surface area contributed by atoms with Gasteiger partial charge in [0.15, 0.2) is 0 Å². The highest BCUT2D eigenvalue weighted by atomic mass is 16.5. The SMILES string of the molecule is CCCC(C)Oc1cccc(C23CCC(CCOCC(=O)O)(CC2)CO3)c1. The number of aliphatic carboxylic acids is 1. The molecule has 5 nitrogen and oxygen atoms in total. The van der Waals surface area contributed by atoms with Crippen LogP contribution in [0.15, 0.2) is 24.3 Å². The highest BCUT2D eigenvalue weighted by Gasteiger charge is 2.50. The summed E-state index contributed by atoms with van der Waals surface area (Å²) in [6, 6.07) is 8.41. The second kappa shape index (κ2) is 8.61. The lowest BCUT2D eigenvalue weighted by atomic mass is 9.63. The summed E-state index contributed by atoms with van der Waals surface area (Å²) in [4.78, 5) is 10.6. The van der Waals surface area contributed by atoms with Gasteiger partial charge < -0.3 is 19.3 Å². The topological polar surface area (TPSA) is 65.0 Å². The second-order valence-corrected chi connectivity index (χ2v) is 8.22. The number of hydrogen-bond acceptors (Lipinski definition) is 4. The zero-order chi connectivity index (χ0) is 19.3. The molecule has 0 aromatic heterocycles. The van der Waals surface area contributed by atoms with Crippen molar-refractivity contribution in [3.8, 4) is 5.75 Å². The highest BCUT2D eigenvalue weighted by molar-refractivity contribution is 5.67. The van der Waals surface area contributed by atoms with Gasteiger partial charge in [-0.25, -0.2) is 4.79 Å². The molecule has 3 aliphatic rings. The minimum atomic E-state index is -0.912. The fraction of sp³-hybridized carbons (Fsp3) is 0.682. The number of hydrogen-bond donors (Lipinski definition) is 1. The Morgan fingerprint density at radius 2 is 2.07 bits per heavy atom. The lowest BCUT2D eigenvalue weighted by Gasteiger charge is -2.53. The first-order valence-electron chi connectivity index (χ1n) is 10.2. The molecule has 0 radical (unpaired) electrons. The number of carbonyl (C=O) groups is 1. The van der Waals surface area contributed by atoms with E-state index in [2.05, 4.69) is 32.0 Å². The van der Waals surface area contributed by atoms with Crippen molar-refractivity contribution < 1.29 is 24.1 Å². The molecule has 150 valence electrons. The molecule has 2 bridgehead atoms. The van der Waals surface area contributed by atoms with Crippen molar-refractivity contribution in [2.24, 2.45) is 5.41 Å². The van der Waals surface area contributed by atoms with Crippen LogP contribution >= 0.6 is 0 Å². The van der Waals surface area contributed by atoms with Crippen LogP contribution in [0.5, 0.6) is 5.75 Å². The Morgan fingerprint density at radius 1 is 1.30 bits per heavy atom. The third-order valence-corrected chi connectivity index (χ3v) is 6.17. The Hall–Kier alpha value is -1.59. The normalized spacial score (nSPS) is 28.1. The van der Waals surface area contributed by atoms with Gasteiger partial charge in [0, 0.05) is 6.61 Å². The molecule has 4 rings (SSSR count). The molecule has 3 fully saturated rings. The first kappa shape index (κ1) is 20.2. The Kier molecular flexibility index (Phi) is 6.43. The van der Waals surface area contributed by atoms with Crippen LogP contribution in [0.3, 0.4) is 0 Å². The first-order valence-corrected chi connectivity index (χ1v) is 10.2. The molecule has 27 heavy (non-hydrogen) atoms. The molecule has 1 aliphatic carbocycles. The summed E-state index contributed by atoms with van der Waals surface area (Å²) in [5, 5.41) is 8.69. The van der Waals surface area contributed by atoms with Crippen LogP contribution in [0.4, 0.5) is 0 Å². The number of ether oxygens (including phenoxy) is 3. The molecule has 0 amide bonds. The van der Waals surface area contributed by atoms with E-state index in [0.717, 1.165) is 57.3 Å². The van der Waals surface area contributed by atoms with Gasteiger partial charge in [-0.1, -0.05) is 25.5 Å². The van der Waals surface area contributed by atoms with Crippen molar-refractivity contribution in [2.45, 2.75) is 70.5 Å². The van der Waals surface area contributed by atoms with Crippen molar-refractivity contribution in [1.29, 1.82) is 0 Å². The first-order chi connectivity index (χ1) is 13.0. The smallest absolute Gasteiger partial charge is 0.329 e. The van der Waals surface area contributed by atoms with Gasteiger partial charge in [-0.05, 0) is 68.6 Å². The Labute approximate surface area is 162 Å². The van der Waals surface area contributed by atoms with E-state index in [1.165, 1.54) is 5.56 Å². The number of carboxylic acids is 1. The van der Waals surface area contributed by atoms with Crippen LogP contribution in [0.2, 0.25) is 0 Å². The van der Waals surface area contributed by atoms with Crippen LogP contribution in [-0.2, 0) is 19.9 Å². The third kappa shape index (κ3) is 4.82. The van der Waals surface area contributed by atoms with Crippen molar-refractivity contribution in [2.75, 3.05) is 19.8 Å². The van der Waals surface area contributed by atoms with Crippen LogP contribution in [0.25, 0.3) is 0 Å². The monoisotopic (exact) mass is 376 g/mol. The molecule has 1 aromatic rings. The molecule has 0 spiro atoms. The van der Waals surface area contributed by atoms with Gasteiger partial charge in [0.1, 0.15) is 12.4 Å². The summed E-state index contributed by atoms with van der Waals surface area (Å²) >= 11 is 0. The standard InChI is InChI=1S/C22H32O5/c1-3-5-17(2)27-19-7-4-6-18(14-19)22-10-8-21(9-11-22,16-26-22)12-13-25-15-20(23)24/h4,6-7,14,17H,3,5,8-13,15-16H2,1-2H3,(H,23,24). The maximum atomic E-state index is 10.6. The quantitative estimate of drug-likeness (QED) is 0.608. The number of fused-ring (bicyclic) bond motifs is 3. The largest absolute Gasteiger partial charge is 0.491 e. The van der Waals surface area contributed by atoms with Crippen molar-refractivity contribution in [3.63, 3.8) is 0 Å². The molecular formula is C22H32O5. The molecule has 2 aliphatic heterocycles. The maximum Gasteiger partial charge on any atom is 0.329 e. The van der Waals surface area contributed by atoms with Gasteiger partial charge >= 0.3 is 5.97 Å². The van der Waals surface area contributed by atoms with Crippen molar-refractivity contribution >= 4 is 5.97 Å². The molecule has 1 atom stereocenters. The molecular weight excluding hydrogens is 344 g/mol. The summed E-state index contributed by atoms with van der Waals surface area (Å²) in [7, 11) is 0. The van der Waals surface area contributed by atoms with E-state index in [4.69, 9.17) is 19.3 Å². The minimum Gasteiger partial charge on any atom is -0.491 e. The Balaban J connectivity index is 1.59. The minimum absolute atomic E-state index is 0.143. The highest BCUT2D eigenvalue weighted by Crippen LogP contribution is 2.55. The summed E-state index contributed by atoms with van der Waals surface area (Å²) < 4.78 is 17.7. The summed E-state index contributed by atoms with van der Waals surface area (Å²) in [5.74, 6) is 0.0151. The van der Waals surface area contributed by atoms with E-state index in [0.29, 0.717) is 6.61 Å². The lowest BCUT2D eigenvalue weighted by Crippen LogP contribution is -2.49. The van der Waals surface area contributed by atoms with Gasteiger partial charge in [-0.2, -0.15) is 0 Å². The van der Waals surface area contributed by atoms with Gasteiger partial charge in [0.05, 0.1) is 18.3 Å². The summed E-state index contributed by atoms with van der Waals surface area (Å²) in [5.41, 5.74) is 1.17.